The van der Waals surface area contributed by atoms with Crippen molar-refractivity contribution in [1.29, 1.82) is 0 Å². The topological polar surface area (TPSA) is 107 Å². The van der Waals surface area contributed by atoms with E-state index in [9.17, 15) is 8.42 Å². The highest BCUT2D eigenvalue weighted by atomic mass is 32.2. The van der Waals surface area contributed by atoms with E-state index in [0.29, 0.717) is 19.6 Å². The highest BCUT2D eigenvalue weighted by molar-refractivity contribution is 7.83. The van der Waals surface area contributed by atoms with Crippen LogP contribution in [0, 0.1) is 0 Å². The lowest BCUT2D eigenvalue weighted by atomic mass is 10.5. The third-order valence-electron chi connectivity index (χ3n) is 2.44. The Morgan fingerprint density at radius 3 is 1.50 bits per heavy atom. The molecular weight excluding hydrogens is 236 g/mol. The smallest absolute Gasteiger partial charge is 0.450 e. The van der Waals surface area contributed by atoms with Gasteiger partial charge in [0.05, 0.1) is 26.7 Å². The molecule has 0 atom stereocenters. The van der Waals surface area contributed by atoms with Crippen LogP contribution in [0.2, 0.25) is 0 Å². The zero-order chi connectivity index (χ0) is 13.4. The lowest BCUT2D eigenvalue weighted by Gasteiger charge is -2.31. The van der Waals surface area contributed by atoms with Gasteiger partial charge in [0.25, 0.3) is 0 Å². The average Bonchev–Trinajstić information content (AvgIpc) is 2.20. The second-order valence-electron chi connectivity index (χ2n) is 2.99. The van der Waals surface area contributed by atoms with E-state index in [1.807, 2.05) is 20.8 Å². The van der Waals surface area contributed by atoms with Crippen molar-refractivity contribution >= 4 is 16.4 Å². The predicted molar refractivity (Wildman–Crippen MR) is 60.0 cm³/mol. The third-order valence-corrected chi connectivity index (χ3v) is 4.30. The summed E-state index contributed by atoms with van der Waals surface area (Å²) in [5.41, 5.74) is 0. The van der Waals surface area contributed by atoms with E-state index >= 15 is 0 Å². The number of ether oxygens (including phenoxy) is 1. The number of quaternary nitrogens is 1. The van der Waals surface area contributed by atoms with E-state index < -0.39 is 16.4 Å². The molecule has 16 heavy (non-hydrogen) atoms. The van der Waals surface area contributed by atoms with Gasteiger partial charge in [-0.05, 0) is 20.8 Å². The molecule has 0 aromatic heterocycles. The first kappa shape index (κ1) is 17.5. The molecule has 0 unspecified atom stereocenters. The monoisotopic (exact) mass is 257 g/mol. The van der Waals surface area contributed by atoms with Crippen LogP contribution in [0.25, 0.3) is 0 Å². The van der Waals surface area contributed by atoms with Gasteiger partial charge in [-0.15, -0.1) is 0 Å². The van der Waals surface area contributed by atoms with Gasteiger partial charge in [0.1, 0.15) is 0 Å². The Morgan fingerprint density at radius 2 is 1.50 bits per heavy atom. The fourth-order valence-corrected chi connectivity index (χ4v) is 2.29. The predicted octanol–water partition coefficient (Wildman–Crippen LogP) is 0.377. The summed E-state index contributed by atoms with van der Waals surface area (Å²) in [5.74, 6) is 0. The number of methoxy groups -OCH3 is 1. The molecule has 7 nitrogen and oxygen atoms in total. The van der Waals surface area contributed by atoms with Crippen molar-refractivity contribution in [1.82, 2.24) is 0 Å². The Balaban J connectivity index is 0. The third kappa shape index (κ3) is 5.29. The minimum absolute atomic E-state index is 0.0208. The fraction of sp³-hybridized carbons (Fsp3) is 0.875. The molecule has 0 fully saturated rings. The van der Waals surface area contributed by atoms with E-state index in [2.05, 4.69) is 4.74 Å². The van der Waals surface area contributed by atoms with Gasteiger partial charge in [0.2, 0.25) is 0 Å². The Kier molecular flexibility index (Phi) is 8.13. The Bertz CT molecular complexity index is 289. The van der Waals surface area contributed by atoms with Gasteiger partial charge in [-0.2, -0.15) is 13.6 Å². The molecule has 0 rings (SSSR count). The van der Waals surface area contributed by atoms with Gasteiger partial charge in [-0.3, -0.25) is 0 Å². The highest BCUT2D eigenvalue weighted by Gasteiger charge is 2.33. The lowest BCUT2D eigenvalue weighted by molar-refractivity contribution is -0.800. The summed E-state index contributed by atoms with van der Waals surface area (Å²) in [7, 11) is -2.34. The molecule has 0 saturated carbocycles. The minimum Gasteiger partial charge on any atom is -0.450 e. The maximum absolute atomic E-state index is 11.1. The number of carboxylic acid groups (broad SMARTS) is 1. The van der Waals surface area contributed by atoms with Crippen LogP contribution in [-0.4, -0.2) is 50.3 Å². The van der Waals surface area contributed by atoms with Crippen LogP contribution in [-0.2, 0) is 14.9 Å². The first-order chi connectivity index (χ1) is 7.20. The molecule has 3 N–H and O–H groups in total. The van der Waals surface area contributed by atoms with Crippen LogP contribution in [0.15, 0.2) is 0 Å². The molecule has 8 heteroatoms. The number of hydrogen-bond donors (Lipinski definition) is 2. The molecule has 0 heterocycles. The zero-order valence-electron chi connectivity index (χ0n) is 10.1. The Hall–Kier alpha value is -0.860. The fourth-order valence-electron chi connectivity index (χ4n) is 1.21. The van der Waals surface area contributed by atoms with Gasteiger partial charge in [-0.1, -0.05) is 0 Å². The summed E-state index contributed by atoms with van der Waals surface area (Å²) in [4.78, 5) is 9.15. The van der Waals surface area contributed by atoms with E-state index in [-0.39, 0.29) is 3.89 Å². The van der Waals surface area contributed by atoms with Gasteiger partial charge in [0, 0.05) is 0 Å². The van der Waals surface area contributed by atoms with E-state index in [4.69, 9.17) is 15.0 Å². The van der Waals surface area contributed by atoms with Crippen LogP contribution in [0.3, 0.4) is 0 Å². The van der Waals surface area contributed by atoms with Gasteiger partial charge < -0.3 is 9.84 Å². The maximum atomic E-state index is 11.1. The summed E-state index contributed by atoms with van der Waals surface area (Å²) >= 11 is 0. The molecule has 0 amide bonds. The normalized spacial score (nSPS) is 11.3. The minimum atomic E-state index is -3.44. The summed E-state index contributed by atoms with van der Waals surface area (Å²) < 4.78 is 25.8. The Labute approximate surface area is 96.6 Å². The summed E-state index contributed by atoms with van der Waals surface area (Å²) in [6, 6.07) is 0. The summed E-state index contributed by atoms with van der Waals surface area (Å²) in [5, 5.41) is 12.6. The molecule has 0 aliphatic rings. The molecule has 0 spiro atoms. The van der Waals surface area contributed by atoms with Gasteiger partial charge >= 0.3 is 16.4 Å². The molecule has 0 bridgehead atoms. The van der Waals surface area contributed by atoms with E-state index in [1.165, 1.54) is 0 Å². The average molecular weight is 257 g/mol. The molecule has 98 valence electrons. The van der Waals surface area contributed by atoms with Crippen molar-refractivity contribution in [2.45, 2.75) is 20.8 Å². The lowest BCUT2D eigenvalue weighted by Crippen LogP contribution is -2.55. The quantitative estimate of drug-likeness (QED) is 0.559. The summed E-state index contributed by atoms with van der Waals surface area (Å²) in [6.07, 6.45) is -1.25. The SMILES string of the molecule is CC[N+](CC)(CC)S(N)(=O)=O.COC(=O)O. The van der Waals surface area contributed by atoms with Crippen molar-refractivity contribution in [3.05, 3.63) is 0 Å². The standard InChI is InChI=1S/C6H17N2O2S.C2H4O3/c1-4-8(5-2,6-3)11(7,9)10;1-5-2(3)4/h4-6H2,1-3H3,(H2,7,9,10);1H3,(H,3,4)/q+1;. The molecule has 0 saturated heterocycles. The molecule has 0 aromatic rings. The van der Waals surface area contributed by atoms with Crippen LogP contribution in [0.1, 0.15) is 20.8 Å². The van der Waals surface area contributed by atoms with Gasteiger partial charge in [0.15, 0.2) is 0 Å². The Morgan fingerprint density at radius 1 is 1.25 bits per heavy atom. The van der Waals surface area contributed by atoms with Crippen LogP contribution >= 0.6 is 0 Å². The summed E-state index contributed by atoms with van der Waals surface area (Å²) in [6.45, 7) is 7.09. The number of hydrogen-bond acceptors (Lipinski definition) is 4. The van der Waals surface area contributed by atoms with E-state index in [0.717, 1.165) is 7.11 Å². The number of nitrogens with zero attached hydrogens (tertiary/aromatic N) is 1. The van der Waals surface area contributed by atoms with E-state index in [1.54, 1.807) is 0 Å². The number of nitrogens with two attached hydrogens (primary N) is 1. The highest BCUT2D eigenvalue weighted by Crippen LogP contribution is 2.09. The number of carbonyl (C=O) groups is 1. The second-order valence-corrected chi connectivity index (χ2v) is 4.80. The molecule has 0 radical (unpaired) electrons. The van der Waals surface area contributed by atoms with Crippen molar-refractivity contribution in [2.24, 2.45) is 5.14 Å². The molecule has 0 aliphatic carbocycles. The van der Waals surface area contributed by atoms with Crippen molar-refractivity contribution in [3.63, 3.8) is 0 Å². The van der Waals surface area contributed by atoms with Crippen molar-refractivity contribution in [2.75, 3.05) is 26.7 Å². The number of rotatable bonds is 4. The largest absolute Gasteiger partial charge is 0.505 e. The maximum Gasteiger partial charge on any atom is 0.505 e. The van der Waals surface area contributed by atoms with Crippen LogP contribution in [0.4, 0.5) is 4.79 Å². The van der Waals surface area contributed by atoms with Crippen molar-refractivity contribution < 1.29 is 26.9 Å². The first-order valence-corrected chi connectivity index (χ1v) is 6.36. The van der Waals surface area contributed by atoms with Crippen molar-refractivity contribution in [3.8, 4) is 0 Å². The molecule has 0 aromatic carbocycles. The molecular formula is C8H21N2O5S+. The van der Waals surface area contributed by atoms with Crippen LogP contribution < -0.4 is 5.14 Å². The van der Waals surface area contributed by atoms with Crippen LogP contribution in [0.5, 0.6) is 0 Å². The zero-order valence-corrected chi connectivity index (χ0v) is 11.0. The molecule has 0 aliphatic heterocycles. The first-order valence-electron chi connectivity index (χ1n) is 4.86. The second kappa shape index (κ2) is 7.42. The van der Waals surface area contributed by atoms with Gasteiger partial charge in [-0.25, -0.2) is 8.68 Å².